The van der Waals surface area contributed by atoms with Crippen molar-refractivity contribution in [1.82, 2.24) is 25.0 Å². The average molecular weight is 467 g/mol. The maximum atomic E-state index is 13.5. The number of hydrogen-bond donors (Lipinski definition) is 1. The van der Waals surface area contributed by atoms with E-state index >= 15 is 0 Å². The summed E-state index contributed by atoms with van der Waals surface area (Å²) in [5.41, 5.74) is 0.602. The topological polar surface area (TPSA) is 106 Å². The Hall–Kier alpha value is -3.58. The number of ketones is 1. The molecule has 33 heavy (non-hydrogen) atoms. The van der Waals surface area contributed by atoms with Crippen LogP contribution in [0.3, 0.4) is 0 Å². The Labute approximate surface area is 196 Å². The lowest BCUT2D eigenvalue weighted by molar-refractivity contribution is -0.384. The molecule has 0 fully saturated rings. The van der Waals surface area contributed by atoms with Crippen molar-refractivity contribution in [3.8, 4) is 18.0 Å². The Balaban J connectivity index is 2.18. The van der Waals surface area contributed by atoms with E-state index in [-0.39, 0.29) is 21.8 Å². The summed E-state index contributed by atoms with van der Waals surface area (Å²) >= 11 is 6.26. The van der Waals surface area contributed by atoms with Crippen molar-refractivity contribution in [2.24, 2.45) is 0 Å². The van der Waals surface area contributed by atoms with E-state index < -0.39 is 10.7 Å². The van der Waals surface area contributed by atoms with Gasteiger partial charge < -0.3 is 10.2 Å². The zero-order valence-corrected chi connectivity index (χ0v) is 19.0. The van der Waals surface area contributed by atoms with Crippen molar-refractivity contribution in [3.63, 3.8) is 0 Å². The molecule has 0 bridgehead atoms. The van der Waals surface area contributed by atoms with Gasteiger partial charge in [-0.25, -0.2) is 0 Å². The molecule has 0 spiro atoms. The first kappa shape index (κ1) is 24.1. The van der Waals surface area contributed by atoms with Crippen LogP contribution < -0.4 is 5.32 Å². The number of carbonyl (C=O) groups excluding carboxylic acids is 1. The van der Waals surface area contributed by atoms with Crippen molar-refractivity contribution in [2.75, 3.05) is 20.6 Å². The molecule has 0 amide bonds. The van der Waals surface area contributed by atoms with Gasteiger partial charge in [-0.1, -0.05) is 23.7 Å². The highest BCUT2D eigenvalue weighted by molar-refractivity contribution is 6.35. The van der Waals surface area contributed by atoms with Gasteiger partial charge in [-0.2, -0.15) is 0 Å². The van der Waals surface area contributed by atoms with Gasteiger partial charge in [0.05, 0.1) is 34.3 Å². The number of rotatable bonds is 10. The molecule has 170 valence electrons. The lowest BCUT2D eigenvalue weighted by atomic mass is 10.0. The van der Waals surface area contributed by atoms with Gasteiger partial charge in [-0.15, -0.1) is 22.5 Å². The van der Waals surface area contributed by atoms with Crippen LogP contribution in [0.15, 0.2) is 42.5 Å². The molecular formula is C23H23ClN6O3. The molecular weight excluding hydrogens is 444 g/mol. The van der Waals surface area contributed by atoms with Gasteiger partial charge in [-0.05, 0) is 32.3 Å². The number of hydrogen-bond acceptors (Lipinski definition) is 7. The van der Waals surface area contributed by atoms with Gasteiger partial charge in [0, 0.05) is 30.7 Å². The van der Waals surface area contributed by atoms with Crippen LogP contribution in [0.1, 0.15) is 34.0 Å². The van der Waals surface area contributed by atoms with Crippen molar-refractivity contribution in [1.29, 1.82) is 0 Å². The fourth-order valence-corrected chi connectivity index (χ4v) is 3.52. The number of carbonyl (C=O) groups is 1. The minimum Gasteiger partial charge on any atom is -0.309 e. The Morgan fingerprint density at radius 1 is 1.21 bits per heavy atom. The summed E-state index contributed by atoms with van der Waals surface area (Å²) in [4.78, 5) is 26.3. The molecule has 0 unspecified atom stereocenters. The van der Waals surface area contributed by atoms with Crippen LogP contribution in [-0.4, -0.2) is 51.0 Å². The van der Waals surface area contributed by atoms with Crippen LogP contribution in [0, 0.1) is 22.5 Å². The maximum absolute atomic E-state index is 13.5. The standard InChI is InChI=1S/C23H23ClN6O3/c1-4-5-12-25-14-21-26-27-22(15-28(2)3)29(21)20-11-10-16(30(32)33)13-18(20)23(31)17-8-6-7-9-19(17)24/h1,6-11,13,25H,5,12,14-15H2,2-3H3. The number of nitro groups is 1. The second-order valence-electron chi connectivity index (χ2n) is 7.50. The molecule has 0 aliphatic rings. The molecule has 2 aromatic carbocycles. The molecule has 0 saturated heterocycles. The van der Waals surface area contributed by atoms with E-state index in [1.54, 1.807) is 28.8 Å². The SMILES string of the molecule is C#CCCNCc1nnc(CN(C)C)n1-c1ccc([N+](=O)[O-])cc1C(=O)c1ccccc1Cl. The number of benzene rings is 2. The van der Waals surface area contributed by atoms with Gasteiger partial charge in [-0.3, -0.25) is 19.5 Å². The molecule has 0 aliphatic carbocycles. The minimum absolute atomic E-state index is 0.127. The Bertz CT molecular complexity index is 1220. The lowest BCUT2D eigenvalue weighted by Gasteiger charge is -2.17. The second kappa shape index (κ2) is 10.8. The third-order valence-electron chi connectivity index (χ3n) is 4.78. The normalized spacial score (nSPS) is 10.9. The van der Waals surface area contributed by atoms with Crippen LogP contribution >= 0.6 is 11.6 Å². The van der Waals surface area contributed by atoms with Crippen molar-refractivity contribution in [3.05, 3.63) is 80.4 Å². The molecule has 3 rings (SSSR count). The highest BCUT2D eigenvalue weighted by atomic mass is 35.5. The van der Waals surface area contributed by atoms with E-state index in [0.29, 0.717) is 43.4 Å². The van der Waals surface area contributed by atoms with Gasteiger partial charge in [0.25, 0.3) is 5.69 Å². The zero-order valence-electron chi connectivity index (χ0n) is 18.3. The smallest absolute Gasteiger partial charge is 0.270 e. The number of nitrogens with one attached hydrogen (secondary N) is 1. The molecule has 1 aromatic heterocycles. The highest BCUT2D eigenvalue weighted by Crippen LogP contribution is 2.28. The van der Waals surface area contributed by atoms with E-state index in [1.807, 2.05) is 19.0 Å². The predicted octanol–water partition coefficient (Wildman–Crippen LogP) is 3.23. The quantitative estimate of drug-likeness (QED) is 0.161. The molecule has 10 heteroatoms. The molecule has 1 heterocycles. The van der Waals surface area contributed by atoms with Crippen molar-refractivity contribution in [2.45, 2.75) is 19.5 Å². The molecule has 0 atom stereocenters. The number of aromatic nitrogens is 3. The van der Waals surface area contributed by atoms with Gasteiger partial charge in [0.2, 0.25) is 0 Å². The number of nitrogens with zero attached hydrogens (tertiary/aromatic N) is 5. The van der Waals surface area contributed by atoms with E-state index in [9.17, 15) is 14.9 Å². The average Bonchev–Trinajstić information content (AvgIpc) is 3.17. The van der Waals surface area contributed by atoms with E-state index in [0.717, 1.165) is 0 Å². The zero-order chi connectivity index (χ0) is 24.0. The summed E-state index contributed by atoms with van der Waals surface area (Å²) in [6, 6.07) is 10.7. The maximum Gasteiger partial charge on any atom is 0.270 e. The van der Waals surface area contributed by atoms with E-state index in [1.165, 1.54) is 18.2 Å². The molecule has 0 saturated carbocycles. The van der Waals surface area contributed by atoms with Crippen LogP contribution in [0.2, 0.25) is 5.02 Å². The fourth-order valence-electron chi connectivity index (χ4n) is 3.30. The van der Waals surface area contributed by atoms with E-state index in [2.05, 4.69) is 21.4 Å². The molecule has 0 radical (unpaired) electrons. The number of halogens is 1. The van der Waals surface area contributed by atoms with Crippen molar-refractivity contribution < 1.29 is 9.72 Å². The predicted molar refractivity (Wildman–Crippen MR) is 125 cm³/mol. The van der Waals surface area contributed by atoms with Crippen molar-refractivity contribution >= 4 is 23.1 Å². The largest absolute Gasteiger partial charge is 0.309 e. The summed E-state index contributed by atoms with van der Waals surface area (Å²) in [6.45, 7) is 1.37. The summed E-state index contributed by atoms with van der Waals surface area (Å²) in [5.74, 6) is 3.25. The minimum atomic E-state index is -0.539. The Morgan fingerprint density at radius 2 is 1.94 bits per heavy atom. The molecule has 1 N–H and O–H groups in total. The summed E-state index contributed by atoms with van der Waals surface area (Å²) in [6.07, 6.45) is 5.86. The first-order chi connectivity index (χ1) is 15.8. The van der Waals surface area contributed by atoms with E-state index in [4.69, 9.17) is 18.0 Å². The Morgan fingerprint density at radius 3 is 2.61 bits per heavy atom. The van der Waals surface area contributed by atoms with Gasteiger partial charge >= 0.3 is 0 Å². The Kier molecular flexibility index (Phi) is 7.90. The molecule has 9 nitrogen and oxygen atoms in total. The van der Waals surface area contributed by atoms with Crippen LogP contribution in [-0.2, 0) is 13.1 Å². The highest BCUT2D eigenvalue weighted by Gasteiger charge is 2.24. The number of nitro benzene ring substituents is 1. The first-order valence-corrected chi connectivity index (χ1v) is 10.5. The molecule has 3 aromatic rings. The number of terminal acetylenes is 1. The van der Waals surface area contributed by atoms with Gasteiger partial charge in [0.1, 0.15) is 0 Å². The monoisotopic (exact) mass is 466 g/mol. The second-order valence-corrected chi connectivity index (χ2v) is 7.91. The van der Waals surface area contributed by atoms with Crippen LogP contribution in [0.25, 0.3) is 5.69 Å². The fraction of sp³-hybridized carbons (Fsp3) is 0.261. The third kappa shape index (κ3) is 5.62. The number of non-ortho nitro benzene ring substituents is 1. The third-order valence-corrected chi connectivity index (χ3v) is 5.11. The summed E-state index contributed by atoms with van der Waals surface area (Å²) in [7, 11) is 3.77. The summed E-state index contributed by atoms with van der Waals surface area (Å²) in [5, 5.41) is 23.5. The van der Waals surface area contributed by atoms with Gasteiger partial charge in [0.15, 0.2) is 17.4 Å². The molecule has 0 aliphatic heterocycles. The van der Waals surface area contributed by atoms with Crippen LogP contribution in [0.5, 0.6) is 0 Å². The lowest BCUT2D eigenvalue weighted by Crippen LogP contribution is -2.21. The summed E-state index contributed by atoms with van der Waals surface area (Å²) < 4.78 is 1.75. The first-order valence-electron chi connectivity index (χ1n) is 10.1. The van der Waals surface area contributed by atoms with Crippen LogP contribution in [0.4, 0.5) is 5.69 Å².